The molecule has 0 saturated heterocycles. The molecule has 0 fully saturated rings. The van der Waals surface area contributed by atoms with Gasteiger partial charge in [-0.1, -0.05) is 32.1 Å². The monoisotopic (exact) mass is 224 g/mol. The van der Waals surface area contributed by atoms with Crippen molar-refractivity contribution in [3.8, 4) is 0 Å². The van der Waals surface area contributed by atoms with Gasteiger partial charge >= 0.3 is 0 Å². The lowest BCUT2D eigenvalue weighted by Crippen LogP contribution is -1.92. The molecule has 0 saturated carbocycles. The fourth-order valence-corrected chi connectivity index (χ4v) is 1.56. The minimum Gasteiger partial charge on any atom is -0.341 e. The van der Waals surface area contributed by atoms with E-state index in [9.17, 15) is 4.39 Å². The summed E-state index contributed by atoms with van der Waals surface area (Å²) in [7, 11) is 0. The zero-order valence-corrected chi connectivity index (χ0v) is 9.78. The van der Waals surface area contributed by atoms with Crippen molar-refractivity contribution >= 4 is 23.1 Å². The minimum absolute atomic E-state index is 0.297. The fraction of sp³-hybridized carbons (Fsp3) is 0.273. The highest BCUT2D eigenvalue weighted by Crippen LogP contribution is 2.15. The molecule has 0 amide bonds. The van der Waals surface area contributed by atoms with Gasteiger partial charge in [0.05, 0.1) is 5.52 Å². The van der Waals surface area contributed by atoms with Crippen LogP contribution >= 0.6 is 12.2 Å². The van der Waals surface area contributed by atoms with Gasteiger partial charge in [0, 0.05) is 5.39 Å². The average Bonchev–Trinajstić information content (AvgIpc) is 2.23. The van der Waals surface area contributed by atoms with Gasteiger partial charge in [-0.2, -0.15) is 0 Å². The standard InChI is InChI=1S/C9H7FN2S.C2H6/c1-5-11-8-6(9(13)12-5)3-2-4-7(8)10;1-2/h2-4H,1H3,(H,11,12,13);1-2H3. The summed E-state index contributed by atoms with van der Waals surface area (Å²) in [5.74, 6) is 0.330. The molecule has 2 rings (SSSR count). The van der Waals surface area contributed by atoms with Crippen molar-refractivity contribution < 1.29 is 4.39 Å². The largest absolute Gasteiger partial charge is 0.341 e. The summed E-state index contributed by atoms with van der Waals surface area (Å²) in [6.07, 6.45) is 0. The summed E-state index contributed by atoms with van der Waals surface area (Å²) in [6, 6.07) is 4.77. The molecule has 0 aliphatic heterocycles. The van der Waals surface area contributed by atoms with E-state index in [1.165, 1.54) is 6.07 Å². The Bertz CT molecular complexity index is 519. The van der Waals surface area contributed by atoms with Crippen LogP contribution in [0.15, 0.2) is 18.2 Å². The summed E-state index contributed by atoms with van der Waals surface area (Å²) in [5.41, 5.74) is 0.431. The van der Waals surface area contributed by atoms with Crippen LogP contribution in [-0.2, 0) is 0 Å². The summed E-state index contributed by atoms with van der Waals surface area (Å²) in [4.78, 5) is 6.88. The molecule has 0 unspecified atom stereocenters. The second-order valence-corrected chi connectivity index (χ2v) is 3.18. The Morgan fingerprint density at radius 3 is 2.67 bits per heavy atom. The Morgan fingerprint density at radius 2 is 2.00 bits per heavy atom. The topological polar surface area (TPSA) is 28.7 Å². The number of hydrogen-bond acceptors (Lipinski definition) is 2. The number of aromatic nitrogens is 2. The first-order valence-corrected chi connectivity index (χ1v) is 5.24. The van der Waals surface area contributed by atoms with E-state index in [0.717, 1.165) is 0 Å². The Hall–Kier alpha value is -1.29. The van der Waals surface area contributed by atoms with Crippen LogP contribution in [0.5, 0.6) is 0 Å². The van der Waals surface area contributed by atoms with Crippen LogP contribution in [0.3, 0.4) is 0 Å². The third-order valence-electron chi connectivity index (χ3n) is 1.82. The number of rotatable bonds is 0. The molecule has 0 atom stereocenters. The minimum atomic E-state index is -0.297. The normalized spacial score (nSPS) is 9.60. The molecule has 0 spiro atoms. The molecule has 0 bridgehead atoms. The lowest BCUT2D eigenvalue weighted by molar-refractivity contribution is 0.636. The van der Waals surface area contributed by atoms with E-state index in [2.05, 4.69) is 9.97 Å². The SMILES string of the molecule is CC.Cc1nc(=S)c2cccc(F)c2[nH]1. The number of nitrogens with zero attached hydrogens (tertiary/aromatic N) is 1. The number of aromatic amines is 1. The van der Waals surface area contributed by atoms with Crippen molar-refractivity contribution in [1.29, 1.82) is 0 Å². The molecule has 2 nitrogen and oxygen atoms in total. The van der Waals surface area contributed by atoms with Crippen molar-refractivity contribution in [2.24, 2.45) is 0 Å². The summed E-state index contributed by atoms with van der Waals surface area (Å²) in [5, 5.41) is 0.653. The van der Waals surface area contributed by atoms with E-state index >= 15 is 0 Å². The molecular formula is C11H13FN2S. The zero-order chi connectivity index (χ0) is 11.4. The van der Waals surface area contributed by atoms with Crippen LogP contribution in [0.2, 0.25) is 0 Å². The maximum absolute atomic E-state index is 13.2. The summed E-state index contributed by atoms with van der Waals surface area (Å²) in [6.45, 7) is 5.75. The number of fused-ring (bicyclic) bond motifs is 1. The number of nitrogens with one attached hydrogen (secondary N) is 1. The number of halogens is 1. The predicted octanol–water partition coefficient (Wildman–Crippen LogP) is 3.77. The molecule has 0 radical (unpaired) electrons. The number of H-pyrrole nitrogens is 1. The van der Waals surface area contributed by atoms with E-state index in [1.807, 2.05) is 13.8 Å². The average molecular weight is 224 g/mol. The molecule has 0 aliphatic carbocycles. The second kappa shape index (κ2) is 4.98. The number of benzene rings is 1. The molecule has 1 heterocycles. The molecule has 1 aromatic heterocycles. The van der Waals surface area contributed by atoms with Crippen molar-refractivity contribution in [1.82, 2.24) is 9.97 Å². The zero-order valence-electron chi connectivity index (χ0n) is 8.97. The van der Waals surface area contributed by atoms with Crippen LogP contribution in [-0.4, -0.2) is 9.97 Å². The van der Waals surface area contributed by atoms with Gasteiger partial charge in [0.15, 0.2) is 0 Å². The molecule has 0 aliphatic rings. The van der Waals surface area contributed by atoms with Crippen molar-refractivity contribution in [3.63, 3.8) is 0 Å². The molecule has 2 aromatic rings. The number of aryl methyl sites for hydroxylation is 1. The predicted molar refractivity (Wildman–Crippen MR) is 63.0 cm³/mol. The second-order valence-electron chi connectivity index (χ2n) is 2.79. The number of para-hydroxylation sites is 1. The van der Waals surface area contributed by atoms with E-state index in [-0.39, 0.29) is 5.82 Å². The Morgan fingerprint density at radius 1 is 1.33 bits per heavy atom. The fourth-order valence-electron chi connectivity index (χ4n) is 1.25. The highest BCUT2D eigenvalue weighted by molar-refractivity contribution is 7.71. The van der Waals surface area contributed by atoms with Crippen LogP contribution in [0.4, 0.5) is 4.39 Å². The van der Waals surface area contributed by atoms with Gasteiger partial charge in [0.1, 0.15) is 16.3 Å². The van der Waals surface area contributed by atoms with Crippen LogP contribution in [0.1, 0.15) is 19.7 Å². The smallest absolute Gasteiger partial charge is 0.147 e. The molecular weight excluding hydrogens is 211 g/mol. The van der Waals surface area contributed by atoms with Crippen LogP contribution in [0.25, 0.3) is 10.9 Å². The van der Waals surface area contributed by atoms with Crippen molar-refractivity contribution in [3.05, 3.63) is 34.5 Å². The maximum atomic E-state index is 13.2. The van der Waals surface area contributed by atoms with Crippen LogP contribution < -0.4 is 0 Å². The Labute approximate surface area is 93.2 Å². The first-order valence-electron chi connectivity index (χ1n) is 4.83. The van der Waals surface area contributed by atoms with Gasteiger partial charge in [-0.15, -0.1) is 0 Å². The molecule has 1 N–H and O–H groups in total. The molecule has 80 valence electrons. The van der Waals surface area contributed by atoms with Crippen LogP contribution in [0, 0.1) is 17.4 Å². The molecule has 15 heavy (non-hydrogen) atoms. The first-order chi connectivity index (χ1) is 7.18. The van der Waals surface area contributed by atoms with Crippen molar-refractivity contribution in [2.45, 2.75) is 20.8 Å². The lowest BCUT2D eigenvalue weighted by Gasteiger charge is -2.00. The Balaban J connectivity index is 0.000000531. The van der Waals surface area contributed by atoms with Gasteiger partial charge in [0.25, 0.3) is 0 Å². The first kappa shape index (κ1) is 11.8. The van der Waals surface area contributed by atoms with E-state index < -0.39 is 0 Å². The van der Waals surface area contributed by atoms with Gasteiger partial charge in [0.2, 0.25) is 0 Å². The third kappa shape index (κ3) is 2.39. The Kier molecular flexibility index (Phi) is 3.91. The lowest BCUT2D eigenvalue weighted by atomic mass is 10.2. The maximum Gasteiger partial charge on any atom is 0.147 e. The molecule has 1 aromatic carbocycles. The van der Waals surface area contributed by atoms with Crippen molar-refractivity contribution in [2.75, 3.05) is 0 Å². The van der Waals surface area contributed by atoms with E-state index in [1.54, 1.807) is 19.1 Å². The van der Waals surface area contributed by atoms with Gasteiger partial charge < -0.3 is 4.98 Å². The van der Waals surface area contributed by atoms with E-state index in [0.29, 0.717) is 21.4 Å². The van der Waals surface area contributed by atoms with Gasteiger partial charge in [-0.3, -0.25) is 0 Å². The molecule has 4 heteroatoms. The van der Waals surface area contributed by atoms with Gasteiger partial charge in [-0.05, 0) is 19.1 Å². The highest BCUT2D eigenvalue weighted by atomic mass is 32.1. The van der Waals surface area contributed by atoms with Gasteiger partial charge in [-0.25, -0.2) is 9.37 Å². The third-order valence-corrected chi connectivity index (χ3v) is 2.13. The summed E-state index contributed by atoms with van der Waals surface area (Å²) < 4.78 is 13.7. The number of hydrogen-bond donors (Lipinski definition) is 1. The highest BCUT2D eigenvalue weighted by Gasteiger charge is 2.02. The summed E-state index contributed by atoms with van der Waals surface area (Å²) >= 11 is 5.00. The quantitative estimate of drug-likeness (QED) is 0.690. The van der Waals surface area contributed by atoms with E-state index in [4.69, 9.17) is 12.2 Å².